The largest absolute Gasteiger partial charge is 0.359 e. The molecule has 20 heavy (non-hydrogen) atoms. The molecule has 0 bridgehead atoms. The molecule has 0 aliphatic carbocycles. The fraction of sp³-hybridized carbons (Fsp3) is 0.562. The molecule has 0 radical (unpaired) electrons. The Bertz CT molecular complexity index is 422. The van der Waals surface area contributed by atoms with E-state index >= 15 is 0 Å². The summed E-state index contributed by atoms with van der Waals surface area (Å²) < 4.78 is 0. The van der Waals surface area contributed by atoms with Crippen LogP contribution in [0.1, 0.15) is 32.3 Å². The quantitative estimate of drug-likeness (QED) is 0.736. The van der Waals surface area contributed by atoms with Crippen LogP contribution in [-0.4, -0.2) is 30.8 Å². The van der Waals surface area contributed by atoms with Crippen molar-refractivity contribution in [3.63, 3.8) is 0 Å². The summed E-state index contributed by atoms with van der Waals surface area (Å²) in [6, 6.07) is 9.01. The van der Waals surface area contributed by atoms with Gasteiger partial charge in [0.05, 0.1) is 19.6 Å². The standard InChI is InChI=1S/C16H25N3S/c1-3-13-5-7-14(8-6-13)17-16(20)18-15-9-11-19(4-2)12-10-15/h5-8,15H,3-4,9-12H2,1-2H3,(H2,17,18,20)/p+1. The summed E-state index contributed by atoms with van der Waals surface area (Å²) in [4.78, 5) is 1.71. The van der Waals surface area contributed by atoms with Crippen molar-refractivity contribution in [3.05, 3.63) is 29.8 Å². The predicted molar refractivity (Wildman–Crippen MR) is 89.4 cm³/mol. The molecule has 1 aliphatic rings. The normalized spacial score (nSPS) is 22.3. The van der Waals surface area contributed by atoms with Gasteiger partial charge in [0.2, 0.25) is 0 Å². The van der Waals surface area contributed by atoms with E-state index in [-0.39, 0.29) is 0 Å². The van der Waals surface area contributed by atoms with Crippen LogP contribution in [0.4, 0.5) is 5.69 Å². The Morgan fingerprint density at radius 2 is 1.85 bits per heavy atom. The minimum absolute atomic E-state index is 0.528. The highest BCUT2D eigenvalue weighted by molar-refractivity contribution is 7.80. The van der Waals surface area contributed by atoms with E-state index < -0.39 is 0 Å². The summed E-state index contributed by atoms with van der Waals surface area (Å²) >= 11 is 5.41. The molecular formula is C16H26N3S+. The second-order valence-corrected chi connectivity index (χ2v) is 5.94. The van der Waals surface area contributed by atoms with Crippen molar-refractivity contribution < 1.29 is 4.90 Å². The molecule has 1 aliphatic heterocycles. The number of hydrogen-bond acceptors (Lipinski definition) is 1. The number of nitrogens with one attached hydrogen (secondary N) is 3. The lowest BCUT2D eigenvalue weighted by atomic mass is 10.1. The van der Waals surface area contributed by atoms with Crippen LogP contribution in [0, 0.1) is 0 Å². The summed E-state index contributed by atoms with van der Waals surface area (Å²) in [5.74, 6) is 0. The molecule has 3 N–H and O–H groups in total. The van der Waals surface area contributed by atoms with Crippen molar-refractivity contribution >= 4 is 23.0 Å². The lowest BCUT2D eigenvalue weighted by Gasteiger charge is -2.29. The van der Waals surface area contributed by atoms with Crippen molar-refractivity contribution in [2.75, 3.05) is 25.0 Å². The maximum absolute atomic E-state index is 5.41. The van der Waals surface area contributed by atoms with Crippen molar-refractivity contribution in [2.45, 2.75) is 39.2 Å². The summed E-state index contributed by atoms with van der Waals surface area (Å²) in [5, 5.41) is 7.48. The van der Waals surface area contributed by atoms with Crippen LogP contribution in [0.15, 0.2) is 24.3 Å². The van der Waals surface area contributed by atoms with Gasteiger partial charge in [-0.15, -0.1) is 0 Å². The zero-order chi connectivity index (χ0) is 14.4. The number of hydrogen-bond donors (Lipinski definition) is 3. The lowest BCUT2D eigenvalue weighted by molar-refractivity contribution is -0.903. The first-order valence-corrected chi connectivity index (χ1v) is 8.12. The Balaban J connectivity index is 1.77. The molecule has 1 aromatic carbocycles. The highest BCUT2D eigenvalue weighted by Crippen LogP contribution is 2.10. The molecule has 1 heterocycles. The highest BCUT2D eigenvalue weighted by Gasteiger charge is 2.21. The third-order valence-electron chi connectivity index (χ3n) is 4.15. The van der Waals surface area contributed by atoms with Crippen LogP contribution >= 0.6 is 12.2 Å². The van der Waals surface area contributed by atoms with Gasteiger partial charge in [0.1, 0.15) is 0 Å². The molecule has 3 nitrogen and oxygen atoms in total. The monoisotopic (exact) mass is 292 g/mol. The Labute approximate surface area is 127 Å². The Morgan fingerprint density at radius 1 is 1.20 bits per heavy atom. The Morgan fingerprint density at radius 3 is 2.40 bits per heavy atom. The van der Waals surface area contributed by atoms with E-state index in [0.29, 0.717) is 6.04 Å². The van der Waals surface area contributed by atoms with Crippen LogP contribution in [0.2, 0.25) is 0 Å². The third kappa shape index (κ3) is 4.46. The molecule has 0 amide bonds. The molecule has 0 unspecified atom stereocenters. The Hall–Kier alpha value is -1.13. The molecule has 2 rings (SSSR count). The average Bonchev–Trinajstić information content (AvgIpc) is 2.49. The van der Waals surface area contributed by atoms with E-state index in [1.807, 2.05) is 0 Å². The van der Waals surface area contributed by atoms with Crippen LogP contribution in [0.25, 0.3) is 0 Å². The van der Waals surface area contributed by atoms with E-state index in [9.17, 15) is 0 Å². The van der Waals surface area contributed by atoms with E-state index in [1.165, 1.54) is 38.0 Å². The highest BCUT2D eigenvalue weighted by atomic mass is 32.1. The molecule has 0 aromatic heterocycles. The van der Waals surface area contributed by atoms with Crippen LogP contribution < -0.4 is 15.5 Å². The summed E-state index contributed by atoms with van der Waals surface area (Å²) in [5.41, 5.74) is 2.42. The van der Waals surface area contributed by atoms with E-state index in [4.69, 9.17) is 12.2 Å². The maximum atomic E-state index is 5.41. The smallest absolute Gasteiger partial charge is 0.171 e. The number of quaternary nitrogens is 1. The van der Waals surface area contributed by atoms with E-state index in [1.54, 1.807) is 4.90 Å². The van der Waals surface area contributed by atoms with Gasteiger partial charge in [-0.25, -0.2) is 0 Å². The number of anilines is 1. The lowest BCUT2D eigenvalue weighted by Crippen LogP contribution is -3.13. The van der Waals surface area contributed by atoms with Gasteiger partial charge in [-0.1, -0.05) is 19.1 Å². The number of rotatable bonds is 4. The molecule has 110 valence electrons. The number of piperidine rings is 1. The van der Waals surface area contributed by atoms with E-state index in [0.717, 1.165) is 17.2 Å². The van der Waals surface area contributed by atoms with Gasteiger partial charge in [0.25, 0.3) is 0 Å². The number of likely N-dealkylation sites (tertiary alicyclic amines) is 1. The average molecular weight is 292 g/mol. The van der Waals surface area contributed by atoms with Gasteiger partial charge in [-0.3, -0.25) is 0 Å². The van der Waals surface area contributed by atoms with Crippen LogP contribution in [-0.2, 0) is 6.42 Å². The molecule has 1 fully saturated rings. The van der Waals surface area contributed by atoms with Gasteiger partial charge in [0.15, 0.2) is 5.11 Å². The van der Waals surface area contributed by atoms with Gasteiger partial charge in [0, 0.05) is 24.6 Å². The SMILES string of the molecule is CCc1ccc(NC(=S)NC2CC[NH+](CC)CC2)cc1. The molecule has 4 heteroatoms. The first-order valence-electron chi connectivity index (χ1n) is 7.71. The fourth-order valence-electron chi connectivity index (χ4n) is 2.70. The number of thiocarbonyl (C=S) groups is 1. The first kappa shape index (κ1) is 15.3. The van der Waals surface area contributed by atoms with Crippen molar-refractivity contribution in [2.24, 2.45) is 0 Å². The number of benzene rings is 1. The summed E-state index contributed by atoms with van der Waals surface area (Å²) in [6.45, 7) is 8.16. The predicted octanol–water partition coefficient (Wildman–Crippen LogP) is 1.60. The van der Waals surface area contributed by atoms with Crippen molar-refractivity contribution in [3.8, 4) is 0 Å². The zero-order valence-electron chi connectivity index (χ0n) is 12.5. The molecule has 0 saturated carbocycles. The molecule has 0 spiro atoms. The van der Waals surface area contributed by atoms with Gasteiger partial charge < -0.3 is 15.5 Å². The summed E-state index contributed by atoms with van der Waals surface area (Å²) in [6.07, 6.45) is 3.49. The Kier molecular flexibility index (Phi) is 5.80. The van der Waals surface area contributed by atoms with Crippen molar-refractivity contribution in [1.82, 2.24) is 5.32 Å². The fourth-order valence-corrected chi connectivity index (χ4v) is 2.98. The third-order valence-corrected chi connectivity index (χ3v) is 4.37. The van der Waals surface area contributed by atoms with Gasteiger partial charge in [-0.2, -0.15) is 0 Å². The van der Waals surface area contributed by atoms with Crippen LogP contribution in [0.3, 0.4) is 0 Å². The van der Waals surface area contributed by atoms with E-state index in [2.05, 4.69) is 48.7 Å². The minimum Gasteiger partial charge on any atom is -0.359 e. The minimum atomic E-state index is 0.528. The summed E-state index contributed by atoms with van der Waals surface area (Å²) in [7, 11) is 0. The second kappa shape index (κ2) is 7.60. The molecule has 1 saturated heterocycles. The molecular weight excluding hydrogens is 266 g/mol. The zero-order valence-corrected chi connectivity index (χ0v) is 13.4. The maximum Gasteiger partial charge on any atom is 0.171 e. The van der Waals surface area contributed by atoms with Crippen LogP contribution in [0.5, 0.6) is 0 Å². The number of aryl methyl sites for hydroxylation is 1. The van der Waals surface area contributed by atoms with Gasteiger partial charge in [-0.05, 0) is 43.3 Å². The molecule has 1 aromatic rings. The van der Waals surface area contributed by atoms with Gasteiger partial charge >= 0.3 is 0 Å². The molecule has 0 atom stereocenters. The first-order chi connectivity index (χ1) is 9.71. The second-order valence-electron chi connectivity index (χ2n) is 5.53. The topological polar surface area (TPSA) is 28.5 Å². The van der Waals surface area contributed by atoms with Crippen molar-refractivity contribution in [1.29, 1.82) is 0 Å².